The van der Waals surface area contributed by atoms with Gasteiger partial charge in [0.2, 0.25) is 0 Å². The van der Waals surface area contributed by atoms with Crippen LogP contribution in [0, 0.1) is 5.82 Å². The first-order valence-electron chi connectivity index (χ1n) is 8.03. The van der Waals surface area contributed by atoms with E-state index in [0.29, 0.717) is 0 Å². The molecule has 1 nitrogen and oxygen atoms in total. The van der Waals surface area contributed by atoms with E-state index >= 15 is 0 Å². The first-order valence-corrected chi connectivity index (χ1v) is 15.0. The summed E-state index contributed by atoms with van der Waals surface area (Å²) in [5.41, 5.74) is 2.42. The van der Waals surface area contributed by atoms with Gasteiger partial charge in [0.05, 0.1) is 23.3 Å². The van der Waals surface area contributed by atoms with E-state index in [1.807, 2.05) is 12.1 Å². The summed E-state index contributed by atoms with van der Waals surface area (Å²) >= 11 is 0. The number of rotatable bonds is 4. The molecule has 0 aromatic heterocycles. The van der Waals surface area contributed by atoms with Crippen LogP contribution in [0.2, 0.25) is 39.3 Å². The average molecular weight is 347 g/mol. The van der Waals surface area contributed by atoms with Crippen molar-refractivity contribution in [3.05, 3.63) is 42.2 Å². The third-order valence-corrected chi connectivity index (χ3v) is 8.17. The summed E-state index contributed by atoms with van der Waals surface area (Å²) in [6.45, 7) is 13.8. The topological polar surface area (TPSA) is 9.23 Å². The molecule has 0 saturated heterocycles. The van der Waals surface area contributed by atoms with Gasteiger partial charge in [-0.2, -0.15) is 0 Å². The second-order valence-corrected chi connectivity index (χ2v) is 18.2. The van der Waals surface area contributed by atoms with Crippen LogP contribution in [-0.4, -0.2) is 23.3 Å². The van der Waals surface area contributed by atoms with Gasteiger partial charge in [0.1, 0.15) is 11.6 Å². The lowest BCUT2D eigenvalue weighted by molar-refractivity contribution is 0.415. The lowest BCUT2D eigenvalue weighted by Crippen LogP contribution is -2.43. The Labute approximate surface area is 141 Å². The Hall–Kier alpha value is -1.40. The maximum Gasteiger partial charge on any atom is 0.123 e. The van der Waals surface area contributed by atoms with Gasteiger partial charge in [-0.3, -0.25) is 0 Å². The predicted molar refractivity (Wildman–Crippen MR) is 104 cm³/mol. The van der Waals surface area contributed by atoms with Gasteiger partial charge < -0.3 is 4.74 Å². The molecule has 4 heteroatoms. The predicted octanol–water partition coefficient (Wildman–Crippen LogP) is 4.59. The zero-order chi connectivity index (χ0) is 17.4. The number of ether oxygens (including phenoxy) is 1. The minimum atomic E-state index is -1.65. The van der Waals surface area contributed by atoms with Crippen molar-refractivity contribution in [1.82, 2.24) is 0 Å². The number of methoxy groups -OCH3 is 1. The van der Waals surface area contributed by atoms with Crippen molar-refractivity contribution in [2.75, 3.05) is 7.11 Å². The first kappa shape index (κ1) is 17.9. The summed E-state index contributed by atoms with van der Waals surface area (Å²) in [5, 5.41) is 2.55. The maximum absolute atomic E-state index is 13.9. The van der Waals surface area contributed by atoms with Crippen LogP contribution in [0.25, 0.3) is 11.1 Å². The Morgan fingerprint density at radius 3 is 1.70 bits per heavy atom. The SMILES string of the molecule is COc1ccc(-c2ccc(F)cc2[Si](C)(C)C)c([Si](C)(C)C)c1. The normalized spacial score (nSPS) is 12.3. The molecule has 0 atom stereocenters. The highest BCUT2D eigenvalue weighted by atomic mass is 28.3. The van der Waals surface area contributed by atoms with Crippen LogP contribution < -0.4 is 15.1 Å². The van der Waals surface area contributed by atoms with Crippen LogP contribution in [0.15, 0.2) is 36.4 Å². The number of hydrogen-bond acceptors (Lipinski definition) is 1. The van der Waals surface area contributed by atoms with Gasteiger partial charge in [0, 0.05) is 0 Å². The molecule has 2 aromatic rings. The highest BCUT2D eigenvalue weighted by molar-refractivity contribution is 6.91. The molecule has 0 aliphatic rings. The monoisotopic (exact) mass is 346 g/mol. The molecular weight excluding hydrogens is 319 g/mol. The summed E-state index contributed by atoms with van der Waals surface area (Å²) in [7, 11) is -1.51. The van der Waals surface area contributed by atoms with Crippen LogP contribution in [0.5, 0.6) is 5.75 Å². The Morgan fingerprint density at radius 1 is 0.739 bits per heavy atom. The molecule has 0 heterocycles. The molecule has 0 spiro atoms. The average Bonchev–Trinajstić information content (AvgIpc) is 2.45. The fourth-order valence-electron chi connectivity index (χ4n) is 2.88. The second-order valence-electron chi connectivity index (χ2n) is 8.10. The minimum Gasteiger partial charge on any atom is -0.497 e. The highest BCUT2D eigenvalue weighted by Gasteiger charge is 2.26. The molecule has 0 fully saturated rings. The van der Waals surface area contributed by atoms with Crippen LogP contribution >= 0.6 is 0 Å². The molecule has 2 rings (SSSR count). The lowest BCUT2D eigenvalue weighted by atomic mass is 10.1. The van der Waals surface area contributed by atoms with E-state index < -0.39 is 16.1 Å². The van der Waals surface area contributed by atoms with Crippen LogP contribution in [-0.2, 0) is 0 Å². The quantitative estimate of drug-likeness (QED) is 0.736. The van der Waals surface area contributed by atoms with E-state index in [-0.39, 0.29) is 5.82 Å². The van der Waals surface area contributed by atoms with Crippen molar-refractivity contribution in [2.45, 2.75) is 39.3 Å². The van der Waals surface area contributed by atoms with E-state index in [1.165, 1.54) is 21.5 Å². The zero-order valence-electron chi connectivity index (χ0n) is 15.3. The summed E-state index contributed by atoms with van der Waals surface area (Å²) in [6.07, 6.45) is 0. The smallest absolute Gasteiger partial charge is 0.123 e. The molecule has 0 N–H and O–H groups in total. The number of halogens is 1. The molecule has 0 amide bonds. The molecule has 0 unspecified atom stereocenters. The van der Waals surface area contributed by atoms with Gasteiger partial charge in [-0.15, -0.1) is 0 Å². The summed E-state index contributed by atoms with van der Waals surface area (Å²) in [6, 6.07) is 11.6. The van der Waals surface area contributed by atoms with Gasteiger partial charge in [0.15, 0.2) is 0 Å². The molecule has 0 aliphatic carbocycles. The van der Waals surface area contributed by atoms with Crippen molar-refractivity contribution in [3.63, 3.8) is 0 Å². The van der Waals surface area contributed by atoms with Gasteiger partial charge in [0.25, 0.3) is 0 Å². The standard InChI is InChI=1S/C19H27FOSi2/c1-21-15-9-11-17(19(13-15)23(5,6)7)16-10-8-14(20)12-18(16)22(2,3)4/h8-13H,1-7H3. The van der Waals surface area contributed by atoms with Crippen molar-refractivity contribution >= 4 is 26.5 Å². The van der Waals surface area contributed by atoms with Crippen LogP contribution in [0.3, 0.4) is 0 Å². The number of hydrogen-bond donors (Lipinski definition) is 0. The Balaban J connectivity index is 2.77. The van der Waals surface area contributed by atoms with E-state index in [0.717, 1.165) is 5.75 Å². The summed E-state index contributed by atoms with van der Waals surface area (Å²) in [5.74, 6) is 0.747. The summed E-state index contributed by atoms with van der Waals surface area (Å²) in [4.78, 5) is 0. The van der Waals surface area contributed by atoms with Crippen molar-refractivity contribution in [1.29, 1.82) is 0 Å². The molecule has 2 aromatic carbocycles. The zero-order valence-corrected chi connectivity index (χ0v) is 17.3. The molecule has 0 radical (unpaired) electrons. The third kappa shape index (κ3) is 3.93. The fraction of sp³-hybridized carbons (Fsp3) is 0.368. The highest BCUT2D eigenvalue weighted by Crippen LogP contribution is 2.25. The van der Waals surface area contributed by atoms with Gasteiger partial charge in [-0.25, -0.2) is 4.39 Å². The van der Waals surface area contributed by atoms with Gasteiger partial charge in [-0.1, -0.05) is 51.4 Å². The minimum absolute atomic E-state index is 0.144. The fourth-order valence-corrected chi connectivity index (χ4v) is 6.08. The molecule has 0 aliphatic heterocycles. The van der Waals surface area contributed by atoms with E-state index in [1.54, 1.807) is 19.2 Å². The Morgan fingerprint density at radius 2 is 1.22 bits per heavy atom. The van der Waals surface area contributed by atoms with Crippen molar-refractivity contribution in [2.24, 2.45) is 0 Å². The Bertz CT molecular complexity index is 712. The molecule has 124 valence electrons. The van der Waals surface area contributed by atoms with Crippen molar-refractivity contribution in [3.8, 4) is 16.9 Å². The maximum atomic E-state index is 13.9. The molecular formula is C19H27FOSi2. The third-order valence-electron chi connectivity index (χ3n) is 4.11. The largest absolute Gasteiger partial charge is 0.497 e. The molecule has 0 saturated carbocycles. The van der Waals surface area contributed by atoms with Crippen LogP contribution in [0.4, 0.5) is 4.39 Å². The van der Waals surface area contributed by atoms with E-state index in [2.05, 4.69) is 51.4 Å². The van der Waals surface area contributed by atoms with E-state index in [9.17, 15) is 4.39 Å². The van der Waals surface area contributed by atoms with E-state index in [4.69, 9.17) is 4.74 Å². The summed E-state index contributed by atoms with van der Waals surface area (Å²) < 4.78 is 19.3. The Kier molecular flexibility index (Phi) is 4.87. The second kappa shape index (κ2) is 6.25. The lowest BCUT2D eigenvalue weighted by Gasteiger charge is -2.26. The van der Waals surface area contributed by atoms with Crippen molar-refractivity contribution < 1.29 is 9.13 Å². The van der Waals surface area contributed by atoms with Gasteiger partial charge >= 0.3 is 0 Å². The first-order chi connectivity index (χ1) is 10.5. The van der Waals surface area contributed by atoms with Gasteiger partial charge in [-0.05, 0) is 45.8 Å². The molecule has 23 heavy (non-hydrogen) atoms. The number of benzene rings is 2. The molecule has 0 bridgehead atoms. The van der Waals surface area contributed by atoms with Crippen LogP contribution in [0.1, 0.15) is 0 Å².